The highest BCUT2D eigenvalue weighted by atomic mass is 79.9. The molecule has 0 atom stereocenters. The molecule has 1 rings (SSSR count). The number of aromatic nitrogens is 1. The summed E-state index contributed by atoms with van der Waals surface area (Å²) in [7, 11) is 0. The smallest absolute Gasteiger partial charge is 0.320 e. The summed E-state index contributed by atoms with van der Waals surface area (Å²) in [5.41, 5.74) is -0.251. The van der Waals surface area contributed by atoms with Gasteiger partial charge < -0.3 is 5.32 Å². The second kappa shape index (κ2) is 4.61. The Kier molecular flexibility index (Phi) is 3.68. The highest BCUT2D eigenvalue weighted by Gasteiger charge is 2.13. The van der Waals surface area contributed by atoms with Crippen LogP contribution in [0.15, 0.2) is 22.8 Å². The maximum Gasteiger partial charge on any atom is 0.320 e. The van der Waals surface area contributed by atoms with Crippen molar-refractivity contribution in [1.29, 1.82) is 0 Å². The maximum atomic E-state index is 11.4. The zero-order chi connectivity index (χ0) is 11.5. The second-order valence-corrected chi connectivity index (χ2v) is 5.11. The van der Waals surface area contributed by atoms with Gasteiger partial charge in [0.15, 0.2) is 0 Å². The number of hydrogen-bond acceptors (Lipinski definition) is 2. The molecule has 0 aliphatic carbocycles. The minimum Gasteiger partial charge on any atom is -0.333 e. The van der Waals surface area contributed by atoms with E-state index in [2.05, 4.69) is 31.5 Å². The number of carbonyl (C=O) groups excluding carboxylic acids is 1. The largest absolute Gasteiger partial charge is 0.333 e. The number of rotatable bonds is 1. The minimum atomic E-state index is -0.252. The molecule has 0 aliphatic heterocycles. The predicted molar refractivity (Wildman–Crippen MR) is 63.8 cm³/mol. The number of nitrogens with zero attached hydrogens (tertiary/aromatic N) is 1. The molecule has 82 valence electrons. The third-order valence-electron chi connectivity index (χ3n) is 1.46. The number of urea groups is 1. The lowest BCUT2D eigenvalue weighted by Crippen LogP contribution is -2.43. The number of carbonyl (C=O) groups is 1. The van der Waals surface area contributed by atoms with Crippen molar-refractivity contribution in [2.45, 2.75) is 26.3 Å². The summed E-state index contributed by atoms with van der Waals surface area (Å²) >= 11 is 3.27. The fourth-order valence-corrected chi connectivity index (χ4v) is 1.17. The number of pyridine rings is 1. The Morgan fingerprint density at radius 1 is 1.40 bits per heavy atom. The van der Waals surface area contributed by atoms with E-state index in [1.54, 1.807) is 12.3 Å². The van der Waals surface area contributed by atoms with Crippen molar-refractivity contribution in [3.8, 4) is 0 Å². The van der Waals surface area contributed by atoms with Gasteiger partial charge in [-0.25, -0.2) is 9.78 Å². The minimum absolute atomic E-state index is 0.251. The van der Waals surface area contributed by atoms with E-state index < -0.39 is 0 Å². The standard InChI is InChI=1S/C10H14BrN3O/c1-10(2,3)14-9(15)13-8-5-4-7(11)6-12-8/h4-6H,1-3H3,(H2,12,13,14,15). The second-order valence-electron chi connectivity index (χ2n) is 4.19. The monoisotopic (exact) mass is 271 g/mol. The Balaban J connectivity index is 2.55. The lowest BCUT2D eigenvalue weighted by molar-refractivity contribution is 0.243. The highest BCUT2D eigenvalue weighted by molar-refractivity contribution is 9.10. The first-order valence-electron chi connectivity index (χ1n) is 4.57. The van der Waals surface area contributed by atoms with Gasteiger partial charge >= 0.3 is 6.03 Å². The van der Waals surface area contributed by atoms with Crippen LogP contribution in [0, 0.1) is 0 Å². The molecular weight excluding hydrogens is 258 g/mol. The molecule has 0 saturated heterocycles. The number of anilines is 1. The summed E-state index contributed by atoms with van der Waals surface area (Å²) in [6, 6.07) is 3.30. The van der Waals surface area contributed by atoms with Crippen LogP contribution in [-0.4, -0.2) is 16.6 Å². The summed E-state index contributed by atoms with van der Waals surface area (Å²) in [5, 5.41) is 5.42. The molecule has 2 amide bonds. The third kappa shape index (κ3) is 4.78. The van der Waals surface area contributed by atoms with E-state index in [-0.39, 0.29) is 11.6 Å². The van der Waals surface area contributed by atoms with Gasteiger partial charge in [0.25, 0.3) is 0 Å². The van der Waals surface area contributed by atoms with E-state index >= 15 is 0 Å². The molecule has 1 aromatic heterocycles. The molecule has 0 radical (unpaired) electrons. The van der Waals surface area contributed by atoms with Gasteiger partial charge in [0.2, 0.25) is 0 Å². The van der Waals surface area contributed by atoms with Gasteiger partial charge in [0.05, 0.1) is 0 Å². The van der Waals surface area contributed by atoms with E-state index in [1.807, 2.05) is 26.8 Å². The van der Waals surface area contributed by atoms with Crippen LogP contribution >= 0.6 is 15.9 Å². The van der Waals surface area contributed by atoms with Crippen LogP contribution in [0.4, 0.5) is 10.6 Å². The van der Waals surface area contributed by atoms with E-state index in [1.165, 1.54) is 0 Å². The predicted octanol–water partition coefficient (Wildman–Crippen LogP) is 2.76. The quantitative estimate of drug-likeness (QED) is 0.825. The first-order valence-corrected chi connectivity index (χ1v) is 5.37. The Morgan fingerprint density at radius 2 is 2.07 bits per heavy atom. The van der Waals surface area contributed by atoms with Crippen molar-refractivity contribution in [1.82, 2.24) is 10.3 Å². The van der Waals surface area contributed by atoms with E-state index in [9.17, 15) is 4.79 Å². The van der Waals surface area contributed by atoms with Gasteiger partial charge in [0, 0.05) is 16.2 Å². The molecule has 0 aliphatic rings. The van der Waals surface area contributed by atoms with Crippen molar-refractivity contribution < 1.29 is 4.79 Å². The van der Waals surface area contributed by atoms with Gasteiger partial charge in [-0.15, -0.1) is 0 Å². The molecule has 15 heavy (non-hydrogen) atoms. The summed E-state index contributed by atoms with van der Waals surface area (Å²) in [5.74, 6) is 0.528. The SMILES string of the molecule is CC(C)(C)NC(=O)Nc1ccc(Br)cn1. The molecular formula is C10H14BrN3O. The molecule has 1 heterocycles. The van der Waals surface area contributed by atoms with Gasteiger partial charge in [0.1, 0.15) is 5.82 Å². The Labute approximate surface area is 97.6 Å². The van der Waals surface area contributed by atoms with Crippen molar-refractivity contribution >= 4 is 27.8 Å². The molecule has 0 aromatic carbocycles. The Bertz CT molecular complexity index is 343. The Morgan fingerprint density at radius 3 is 2.53 bits per heavy atom. The van der Waals surface area contributed by atoms with Crippen molar-refractivity contribution in [2.24, 2.45) is 0 Å². The van der Waals surface area contributed by atoms with Gasteiger partial charge in [-0.1, -0.05) is 0 Å². The highest BCUT2D eigenvalue weighted by Crippen LogP contribution is 2.10. The lowest BCUT2D eigenvalue weighted by atomic mass is 10.1. The molecule has 0 bridgehead atoms. The average molecular weight is 272 g/mol. The van der Waals surface area contributed by atoms with Gasteiger partial charge in [-0.05, 0) is 48.8 Å². The first kappa shape index (κ1) is 12.0. The molecule has 5 heteroatoms. The summed E-state index contributed by atoms with van der Waals surface area (Å²) < 4.78 is 0.879. The molecule has 2 N–H and O–H groups in total. The zero-order valence-electron chi connectivity index (χ0n) is 8.97. The summed E-state index contributed by atoms with van der Waals surface area (Å²) in [6.45, 7) is 5.75. The third-order valence-corrected chi connectivity index (χ3v) is 1.93. The van der Waals surface area contributed by atoms with Crippen LogP contribution in [0.2, 0.25) is 0 Å². The first-order chi connectivity index (χ1) is 6.87. The van der Waals surface area contributed by atoms with E-state index in [0.717, 1.165) is 4.47 Å². The van der Waals surface area contributed by atoms with Gasteiger partial charge in [-0.2, -0.15) is 0 Å². The molecule has 0 spiro atoms. The molecule has 4 nitrogen and oxygen atoms in total. The van der Waals surface area contributed by atoms with Gasteiger partial charge in [-0.3, -0.25) is 5.32 Å². The molecule has 0 unspecified atom stereocenters. The summed E-state index contributed by atoms with van der Waals surface area (Å²) in [4.78, 5) is 15.5. The summed E-state index contributed by atoms with van der Waals surface area (Å²) in [6.07, 6.45) is 1.63. The molecule has 1 aromatic rings. The fourth-order valence-electron chi connectivity index (χ4n) is 0.938. The van der Waals surface area contributed by atoms with Crippen molar-refractivity contribution in [2.75, 3.05) is 5.32 Å². The van der Waals surface area contributed by atoms with Crippen molar-refractivity contribution in [3.63, 3.8) is 0 Å². The number of halogens is 1. The van der Waals surface area contributed by atoms with E-state index in [0.29, 0.717) is 5.82 Å². The fraction of sp³-hybridized carbons (Fsp3) is 0.400. The number of nitrogens with one attached hydrogen (secondary N) is 2. The number of hydrogen-bond donors (Lipinski definition) is 2. The maximum absolute atomic E-state index is 11.4. The normalized spacial score (nSPS) is 10.9. The van der Waals surface area contributed by atoms with Crippen LogP contribution in [0.1, 0.15) is 20.8 Å². The van der Waals surface area contributed by atoms with Crippen LogP contribution < -0.4 is 10.6 Å². The van der Waals surface area contributed by atoms with E-state index in [4.69, 9.17) is 0 Å². The average Bonchev–Trinajstić information content (AvgIpc) is 2.05. The molecule has 0 fully saturated rings. The lowest BCUT2D eigenvalue weighted by Gasteiger charge is -2.20. The van der Waals surface area contributed by atoms with Crippen LogP contribution in [0.25, 0.3) is 0 Å². The zero-order valence-corrected chi connectivity index (χ0v) is 10.6. The van der Waals surface area contributed by atoms with Crippen LogP contribution in [0.5, 0.6) is 0 Å². The van der Waals surface area contributed by atoms with Crippen LogP contribution in [-0.2, 0) is 0 Å². The van der Waals surface area contributed by atoms with Crippen LogP contribution in [0.3, 0.4) is 0 Å². The Hall–Kier alpha value is -1.10. The van der Waals surface area contributed by atoms with Crippen molar-refractivity contribution in [3.05, 3.63) is 22.8 Å². The molecule has 0 saturated carbocycles. The number of amides is 2. The topological polar surface area (TPSA) is 54.0 Å².